The lowest BCUT2D eigenvalue weighted by Crippen LogP contribution is -2.45. The third kappa shape index (κ3) is 10.3. The fraction of sp³-hybridized carbons (Fsp3) is 0.360. The molecule has 4 N–H and O–H groups in total. The van der Waals surface area contributed by atoms with Crippen LogP contribution in [0.1, 0.15) is 43.0 Å². The van der Waals surface area contributed by atoms with Gasteiger partial charge in [-0.05, 0) is 43.0 Å². The number of alkyl carbamates (subject to hydrolysis) is 1. The topological polar surface area (TPSA) is 151 Å². The summed E-state index contributed by atoms with van der Waals surface area (Å²) in [5, 5.41) is 22.5. The molecule has 0 bridgehead atoms. The first-order chi connectivity index (χ1) is 16.4. The molecule has 0 aliphatic rings. The molecule has 0 saturated heterocycles. The van der Waals surface area contributed by atoms with Gasteiger partial charge in [0.15, 0.2) is 0 Å². The highest BCUT2D eigenvalue weighted by Crippen LogP contribution is 2.12. The second-order valence-electron chi connectivity index (χ2n) is 8.85. The van der Waals surface area contributed by atoms with E-state index in [-0.39, 0.29) is 6.42 Å². The first-order valence-corrected chi connectivity index (χ1v) is 10.9. The normalized spacial score (nSPS) is 11.9. The number of nitrogens with one attached hydrogen (secondary N) is 2. The Morgan fingerprint density at radius 1 is 0.829 bits per heavy atom. The minimum absolute atomic E-state index is 0.0510. The lowest BCUT2D eigenvalue weighted by atomic mass is 10.0. The summed E-state index contributed by atoms with van der Waals surface area (Å²) in [6.07, 6.45) is -0.524. The van der Waals surface area contributed by atoms with E-state index < -0.39 is 35.6 Å². The molecule has 0 radical (unpaired) electrons. The van der Waals surface area contributed by atoms with Gasteiger partial charge in [-0.25, -0.2) is 14.4 Å². The smallest absolute Gasteiger partial charge is 0.407 e. The minimum atomic E-state index is -1.74. The first kappa shape index (κ1) is 27.3. The van der Waals surface area contributed by atoms with Gasteiger partial charge in [0, 0.05) is 13.0 Å². The molecule has 35 heavy (non-hydrogen) atoms. The molecule has 0 heterocycles. The second-order valence-corrected chi connectivity index (χ2v) is 8.85. The molecule has 2 rings (SSSR count). The van der Waals surface area contributed by atoms with Gasteiger partial charge in [-0.15, -0.1) is 0 Å². The number of carboxylic acid groups (broad SMARTS) is 2. The van der Waals surface area contributed by atoms with Crippen molar-refractivity contribution >= 4 is 23.9 Å². The summed E-state index contributed by atoms with van der Waals surface area (Å²) in [6.45, 7) is 6.47. The molecule has 0 spiro atoms. The number of benzene rings is 2. The number of amides is 2. The molecular weight excluding hydrogens is 456 g/mol. The summed E-state index contributed by atoms with van der Waals surface area (Å²) in [7, 11) is 0. The van der Waals surface area contributed by atoms with Gasteiger partial charge in [-0.2, -0.15) is 0 Å². The maximum atomic E-state index is 11.7. The number of hydrogen-bond acceptors (Lipinski definition) is 6. The van der Waals surface area contributed by atoms with Crippen LogP contribution in [-0.4, -0.2) is 45.8 Å². The Bertz CT molecular complexity index is 1030. The van der Waals surface area contributed by atoms with Gasteiger partial charge in [-0.3, -0.25) is 4.79 Å². The Balaban J connectivity index is 1.79. The Kier molecular flexibility index (Phi) is 9.77. The third-order valence-electron chi connectivity index (χ3n) is 4.66. The number of hydrogen-bond donors (Lipinski definition) is 4. The van der Waals surface area contributed by atoms with Gasteiger partial charge < -0.3 is 30.3 Å². The average Bonchev–Trinajstić information content (AvgIpc) is 2.78. The largest absolute Gasteiger partial charge is 0.480 e. The minimum Gasteiger partial charge on any atom is -0.480 e. The van der Waals surface area contributed by atoms with E-state index in [9.17, 15) is 24.3 Å². The average molecular weight is 487 g/mol. The van der Waals surface area contributed by atoms with E-state index in [1.54, 1.807) is 45.0 Å². The van der Waals surface area contributed by atoms with Crippen LogP contribution in [0.3, 0.4) is 0 Å². The lowest BCUT2D eigenvalue weighted by molar-refractivity contribution is -0.152. The van der Waals surface area contributed by atoms with E-state index >= 15 is 0 Å². The van der Waals surface area contributed by atoms with Gasteiger partial charge in [0.05, 0.1) is 13.2 Å². The second kappa shape index (κ2) is 12.5. The van der Waals surface area contributed by atoms with Crippen molar-refractivity contribution in [2.45, 2.75) is 58.6 Å². The molecule has 2 amide bonds. The molecule has 0 saturated carbocycles. The van der Waals surface area contributed by atoms with E-state index in [2.05, 4.69) is 5.32 Å². The number of carbonyl (C=O) groups is 4. The van der Waals surface area contributed by atoms with Gasteiger partial charge >= 0.3 is 23.9 Å². The Hall–Kier alpha value is -3.92. The number of carboxylic acids is 2. The van der Waals surface area contributed by atoms with E-state index in [1.165, 1.54) is 0 Å². The van der Waals surface area contributed by atoms with Crippen molar-refractivity contribution in [1.29, 1.82) is 0 Å². The van der Waals surface area contributed by atoms with E-state index in [0.29, 0.717) is 25.3 Å². The molecular formula is C25H30N2O8. The van der Waals surface area contributed by atoms with Crippen LogP contribution in [0.25, 0.3) is 0 Å². The van der Waals surface area contributed by atoms with E-state index in [4.69, 9.17) is 14.6 Å². The van der Waals surface area contributed by atoms with Gasteiger partial charge in [0.25, 0.3) is 0 Å². The molecule has 10 heteroatoms. The molecule has 0 aromatic heterocycles. The number of ether oxygens (including phenoxy) is 2. The van der Waals surface area contributed by atoms with Gasteiger partial charge in [0.1, 0.15) is 11.6 Å². The van der Waals surface area contributed by atoms with Gasteiger partial charge in [-0.1, -0.05) is 48.5 Å². The van der Waals surface area contributed by atoms with Crippen molar-refractivity contribution in [3.05, 3.63) is 70.8 Å². The van der Waals surface area contributed by atoms with Crippen molar-refractivity contribution in [2.24, 2.45) is 0 Å². The van der Waals surface area contributed by atoms with Crippen LogP contribution in [0.5, 0.6) is 0 Å². The van der Waals surface area contributed by atoms with Crippen molar-refractivity contribution in [2.75, 3.05) is 0 Å². The fourth-order valence-corrected chi connectivity index (χ4v) is 2.96. The van der Waals surface area contributed by atoms with Crippen molar-refractivity contribution in [3.8, 4) is 0 Å². The molecule has 0 aliphatic carbocycles. The zero-order valence-electron chi connectivity index (χ0n) is 19.9. The number of rotatable bonds is 10. The molecule has 2 aromatic carbocycles. The Labute approximate surface area is 203 Å². The fourth-order valence-electron chi connectivity index (χ4n) is 2.96. The van der Waals surface area contributed by atoms with E-state index in [1.807, 2.05) is 29.6 Å². The summed E-state index contributed by atoms with van der Waals surface area (Å²) < 4.78 is 10.9. The summed E-state index contributed by atoms with van der Waals surface area (Å²) in [6, 6.07) is 13.2. The van der Waals surface area contributed by atoms with Crippen LogP contribution < -0.4 is 10.6 Å². The maximum absolute atomic E-state index is 11.7. The van der Waals surface area contributed by atoms with Crippen LogP contribution in [0, 0.1) is 0 Å². The van der Waals surface area contributed by atoms with Gasteiger partial charge in [0.2, 0.25) is 0 Å². The molecule has 2 aromatic rings. The number of aliphatic carboxylic acids is 2. The molecule has 10 nitrogen and oxygen atoms in total. The molecule has 0 aliphatic heterocycles. The number of carbonyl (C=O) groups excluding carboxylic acids is 2. The predicted molar refractivity (Wildman–Crippen MR) is 125 cm³/mol. The maximum Gasteiger partial charge on any atom is 0.407 e. The van der Waals surface area contributed by atoms with Crippen LogP contribution in [0.4, 0.5) is 4.79 Å². The third-order valence-corrected chi connectivity index (χ3v) is 4.66. The zero-order chi connectivity index (χ0) is 26.0. The van der Waals surface area contributed by atoms with Crippen molar-refractivity contribution < 1.29 is 38.9 Å². The molecule has 1 unspecified atom stereocenters. The first-order valence-electron chi connectivity index (χ1n) is 10.9. The summed E-state index contributed by atoms with van der Waals surface area (Å²) in [5.41, 5.74) is 2.83. The predicted octanol–water partition coefficient (Wildman–Crippen LogP) is 2.62. The Morgan fingerprint density at radius 3 is 1.77 bits per heavy atom. The lowest BCUT2D eigenvalue weighted by Gasteiger charge is -2.19. The Morgan fingerprint density at radius 2 is 1.31 bits per heavy atom. The summed E-state index contributed by atoms with van der Waals surface area (Å²) in [5.74, 6) is -4.43. The van der Waals surface area contributed by atoms with Crippen LogP contribution in [0.2, 0.25) is 0 Å². The molecule has 1 atom stereocenters. The summed E-state index contributed by atoms with van der Waals surface area (Å²) >= 11 is 0. The summed E-state index contributed by atoms with van der Waals surface area (Å²) in [4.78, 5) is 44.9. The van der Waals surface area contributed by atoms with Crippen LogP contribution in [-0.2, 0) is 50.0 Å². The van der Waals surface area contributed by atoms with Crippen LogP contribution >= 0.6 is 0 Å². The zero-order valence-corrected chi connectivity index (χ0v) is 19.9. The van der Waals surface area contributed by atoms with Crippen LogP contribution in [0.15, 0.2) is 48.5 Å². The highest BCUT2D eigenvalue weighted by atomic mass is 16.6. The SMILES string of the molecule is CC(C)(C)OC(=O)NCc1ccc(COCc2ccc(CC(NC(=O)C(=O)O)C(=O)O)cc2)cc1. The molecule has 188 valence electrons. The quantitative estimate of drug-likeness (QED) is 0.374. The standard InChI is InChI=1S/C25H30N2O8/c1-25(2,3)35-24(33)26-13-17-6-10-19(11-7-17)15-34-14-18-8-4-16(5-9-18)12-20(22(29)30)27-21(28)23(31)32/h4-11,20H,12-15H2,1-3H3,(H,26,33)(H,27,28)(H,29,30)(H,31,32). The highest BCUT2D eigenvalue weighted by Gasteiger charge is 2.23. The monoisotopic (exact) mass is 486 g/mol. The van der Waals surface area contributed by atoms with E-state index in [0.717, 1.165) is 16.7 Å². The highest BCUT2D eigenvalue weighted by molar-refractivity contribution is 6.31. The molecule has 0 fully saturated rings. The van der Waals surface area contributed by atoms with Crippen molar-refractivity contribution in [1.82, 2.24) is 10.6 Å². The van der Waals surface area contributed by atoms with Crippen molar-refractivity contribution in [3.63, 3.8) is 0 Å².